The number of hydrogen-bond donors (Lipinski definition) is 1. The summed E-state index contributed by atoms with van der Waals surface area (Å²) in [6, 6.07) is 23.9. The Balaban J connectivity index is 1.54. The van der Waals surface area contributed by atoms with Crippen molar-refractivity contribution in [2.75, 3.05) is 7.11 Å². The van der Waals surface area contributed by atoms with Crippen LogP contribution < -0.4 is 14.9 Å². The molecule has 0 aliphatic carbocycles. The predicted molar refractivity (Wildman–Crippen MR) is 112 cm³/mol. The summed E-state index contributed by atoms with van der Waals surface area (Å²) in [5.41, 5.74) is 6.22. The van der Waals surface area contributed by atoms with E-state index in [9.17, 15) is 0 Å². The van der Waals surface area contributed by atoms with Gasteiger partial charge in [0.2, 0.25) is 0 Å². The number of halogens is 1. The number of ether oxygens (including phenoxy) is 2. The highest BCUT2D eigenvalue weighted by Gasteiger charge is 2.03. The second-order valence-corrected chi connectivity index (χ2v) is 6.72. The van der Waals surface area contributed by atoms with Crippen LogP contribution in [0.15, 0.2) is 82.4 Å². The van der Waals surface area contributed by atoms with E-state index >= 15 is 0 Å². The number of nitrogens with zero attached hydrogens (tertiary/aromatic N) is 1. The van der Waals surface area contributed by atoms with E-state index in [1.54, 1.807) is 13.3 Å². The normalized spacial score (nSPS) is 10.7. The van der Waals surface area contributed by atoms with Gasteiger partial charge in [-0.1, -0.05) is 48.5 Å². The molecule has 0 radical (unpaired) electrons. The first-order valence-corrected chi connectivity index (χ1v) is 9.39. The number of nitrogens with one attached hydrogen (secondary N) is 1. The van der Waals surface area contributed by atoms with E-state index in [-0.39, 0.29) is 0 Å². The van der Waals surface area contributed by atoms with Crippen LogP contribution in [0.4, 0.5) is 0 Å². The van der Waals surface area contributed by atoms with Crippen molar-refractivity contribution in [1.82, 2.24) is 5.43 Å². The zero-order valence-corrected chi connectivity index (χ0v) is 16.6. The van der Waals surface area contributed by atoms with Crippen LogP contribution in [0.2, 0.25) is 0 Å². The molecule has 0 aromatic heterocycles. The van der Waals surface area contributed by atoms with E-state index in [0.29, 0.717) is 13.2 Å². The molecular weight excluding hydrogens is 404 g/mol. The molecule has 0 fully saturated rings. The molecule has 0 aliphatic heterocycles. The fourth-order valence-corrected chi connectivity index (χ4v) is 3.06. The molecule has 1 N–H and O–H groups in total. The summed E-state index contributed by atoms with van der Waals surface area (Å²) in [5.74, 6) is 1.65. The summed E-state index contributed by atoms with van der Waals surface area (Å²) in [6.07, 6.45) is 1.78. The van der Waals surface area contributed by atoms with Crippen LogP contribution in [-0.2, 0) is 13.2 Å². The number of benzene rings is 3. The molecule has 3 aromatic rings. The van der Waals surface area contributed by atoms with Gasteiger partial charge in [0.1, 0.15) is 18.1 Å². The van der Waals surface area contributed by atoms with Crippen molar-refractivity contribution in [1.29, 1.82) is 0 Å². The van der Waals surface area contributed by atoms with Crippen molar-refractivity contribution < 1.29 is 9.47 Å². The van der Waals surface area contributed by atoms with Crippen molar-refractivity contribution in [3.05, 3.63) is 94.0 Å². The number of para-hydroxylation sites is 1. The van der Waals surface area contributed by atoms with Gasteiger partial charge in [0, 0.05) is 5.56 Å². The van der Waals surface area contributed by atoms with Gasteiger partial charge in [-0.3, -0.25) is 0 Å². The Morgan fingerprint density at radius 1 is 0.963 bits per heavy atom. The molecule has 0 aliphatic rings. The fraction of sp³-hybridized carbons (Fsp3) is 0.136. The quantitative estimate of drug-likeness (QED) is 0.401. The van der Waals surface area contributed by atoms with Gasteiger partial charge < -0.3 is 14.9 Å². The van der Waals surface area contributed by atoms with E-state index in [1.807, 2.05) is 72.8 Å². The average molecular weight is 425 g/mol. The first-order chi connectivity index (χ1) is 13.3. The maximum absolute atomic E-state index is 5.87. The highest BCUT2D eigenvalue weighted by atomic mass is 79.9. The van der Waals surface area contributed by atoms with Gasteiger partial charge >= 0.3 is 0 Å². The Morgan fingerprint density at radius 2 is 1.74 bits per heavy atom. The van der Waals surface area contributed by atoms with E-state index in [0.717, 1.165) is 32.7 Å². The molecule has 0 heterocycles. The minimum absolute atomic E-state index is 0.535. The van der Waals surface area contributed by atoms with Crippen LogP contribution >= 0.6 is 15.9 Å². The van der Waals surface area contributed by atoms with Crippen molar-refractivity contribution in [3.8, 4) is 11.5 Å². The van der Waals surface area contributed by atoms with Crippen LogP contribution in [0, 0.1) is 0 Å². The van der Waals surface area contributed by atoms with Gasteiger partial charge in [0.15, 0.2) is 0 Å². The first-order valence-electron chi connectivity index (χ1n) is 8.60. The van der Waals surface area contributed by atoms with Crippen LogP contribution in [0.25, 0.3) is 0 Å². The summed E-state index contributed by atoms with van der Waals surface area (Å²) in [6.45, 7) is 1.13. The molecule has 3 aromatic carbocycles. The number of hydrogen-bond acceptors (Lipinski definition) is 4. The first kappa shape index (κ1) is 19.0. The summed E-state index contributed by atoms with van der Waals surface area (Å²) >= 11 is 3.56. The lowest BCUT2D eigenvalue weighted by molar-refractivity contribution is 0.304. The van der Waals surface area contributed by atoms with Crippen molar-refractivity contribution >= 4 is 22.1 Å². The van der Waals surface area contributed by atoms with Crippen molar-refractivity contribution in [2.45, 2.75) is 13.2 Å². The molecule has 0 spiro atoms. The zero-order valence-electron chi connectivity index (χ0n) is 15.1. The molecule has 3 rings (SSSR count). The Bertz CT molecular complexity index is 898. The SMILES string of the molecule is COc1ccccc1CN/N=C/c1ccc(OCc2ccccc2)c(Br)c1. The molecule has 0 saturated heterocycles. The Labute approximate surface area is 168 Å². The van der Waals surface area contributed by atoms with Crippen molar-refractivity contribution in [3.63, 3.8) is 0 Å². The molecule has 138 valence electrons. The largest absolute Gasteiger partial charge is 0.496 e. The van der Waals surface area contributed by atoms with E-state index in [4.69, 9.17) is 9.47 Å². The van der Waals surface area contributed by atoms with Gasteiger partial charge in [-0.15, -0.1) is 0 Å². The summed E-state index contributed by atoms with van der Waals surface area (Å²) in [5, 5.41) is 4.28. The predicted octanol–water partition coefficient (Wildman–Crippen LogP) is 5.16. The maximum Gasteiger partial charge on any atom is 0.134 e. The molecule has 0 amide bonds. The van der Waals surface area contributed by atoms with E-state index < -0.39 is 0 Å². The highest BCUT2D eigenvalue weighted by molar-refractivity contribution is 9.10. The van der Waals surface area contributed by atoms with Crippen LogP contribution in [0.3, 0.4) is 0 Å². The lowest BCUT2D eigenvalue weighted by atomic mass is 10.2. The topological polar surface area (TPSA) is 42.8 Å². The Morgan fingerprint density at radius 3 is 2.52 bits per heavy atom. The molecular formula is C22H21BrN2O2. The van der Waals surface area contributed by atoms with E-state index in [2.05, 4.69) is 26.5 Å². The molecule has 0 saturated carbocycles. The fourth-order valence-electron chi connectivity index (χ4n) is 2.55. The standard InChI is InChI=1S/C22H21BrN2O2/c1-26-21-10-6-5-9-19(21)15-25-24-14-18-11-12-22(20(23)13-18)27-16-17-7-3-2-4-8-17/h2-14,25H,15-16H2,1H3/b24-14+. The zero-order chi connectivity index (χ0) is 18.9. The number of rotatable bonds is 8. The van der Waals surface area contributed by atoms with Gasteiger partial charge in [-0.2, -0.15) is 5.10 Å². The van der Waals surface area contributed by atoms with Gasteiger partial charge in [0.25, 0.3) is 0 Å². The maximum atomic E-state index is 5.87. The Hall–Kier alpha value is -2.79. The summed E-state index contributed by atoms with van der Waals surface area (Å²) in [4.78, 5) is 0. The molecule has 0 atom stereocenters. The minimum atomic E-state index is 0.535. The second-order valence-electron chi connectivity index (χ2n) is 5.87. The van der Waals surface area contributed by atoms with Gasteiger partial charge in [-0.25, -0.2) is 0 Å². The second kappa shape index (κ2) is 9.78. The van der Waals surface area contributed by atoms with Crippen LogP contribution in [0.1, 0.15) is 16.7 Å². The van der Waals surface area contributed by atoms with Gasteiger partial charge in [-0.05, 0) is 51.3 Å². The van der Waals surface area contributed by atoms with Gasteiger partial charge in [0.05, 0.1) is 24.3 Å². The lowest BCUT2D eigenvalue weighted by Crippen LogP contribution is -2.06. The third kappa shape index (κ3) is 5.59. The third-order valence-electron chi connectivity index (χ3n) is 3.96. The highest BCUT2D eigenvalue weighted by Crippen LogP contribution is 2.26. The molecule has 0 unspecified atom stereocenters. The molecule has 5 heteroatoms. The summed E-state index contributed by atoms with van der Waals surface area (Å²) in [7, 11) is 1.67. The smallest absolute Gasteiger partial charge is 0.134 e. The summed E-state index contributed by atoms with van der Waals surface area (Å²) < 4.78 is 12.1. The lowest BCUT2D eigenvalue weighted by Gasteiger charge is -2.09. The monoisotopic (exact) mass is 424 g/mol. The third-order valence-corrected chi connectivity index (χ3v) is 4.58. The number of hydrazone groups is 1. The Kier molecular flexibility index (Phi) is 6.88. The molecule has 0 bridgehead atoms. The van der Waals surface area contributed by atoms with Crippen LogP contribution in [-0.4, -0.2) is 13.3 Å². The molecule has 27 heavy (non-hydrogen) atoms. The van der Waals surface area contributed by atoms with Crippen molar-refractivity contribution in [2.24, 2.45) is 5.10 Å². The minimum Gasteiger partial charge on any atom is -0.496 e. The van der Waals surface area contributed by atoms with E-state index in [1.165, 1.54) is 0 Å². The van der Waals surface area contributed by atoms with Crippen LogP contribution in [0.5, 0.6) is 11.5 Å². The average Bonchev–Trinajstić information content (AvgIpc) is 2.71. The number of methoxy groups -OCH3 is 1. The molecule has 4 nitrogen and oxygen atoms in total.